The summed E-state index contributed by atoms with van der Waals surface area (Å²) in [6.07, 6.45) is 2.40. The molecule has 3 aromatic rings. The minimum atomic E-state index is 0.494. The zero-order valence-electron chi connectivity index (χ0n) is 11.4. The molecule has 0 N–H and O–H groups in total. The van der Waals surface area contributed by atoms with Crippen LogP contribution in [-0.4, -0.2) is 27.5 Å². The third-order valence-electron chi connectivity index (χ3n) is 3.20. The topological polar surface area (TPSA) is 39.9 Å². The summed E-state index contributed by atoms with van der Waals surface area (Å²) in [5.41, 5.74) is 2.53. The molecule has 0 aliphatic heterocycles. The van der Waals surface area contributed by atoms with Crippen molar-refractivity contribution in [1.29, 1.82) is 0 Å². The highest BCUT2D eigenvalue weighted by Crippen LogP contribution is 2.29. The Labute approximate surface area is 132 Å². The summed E-state index contributed by atoms with van der Waals surface area (Å²) in [6, 6.07) is 9.39. The molecule has 4 nitrogen and oxygen atoms in total. The molecule has 0 spiro atoms. The highest BCUT2D eigenvalue weighted by Gasteiger charge is 2.14. The number of ether oxygens (including phenoxy) is 1. The van der Waals surface area contributed by atoms with Gasteiger partial charge < -0.3 is 4.74 Å². The van der Waals surface area contributed by atoms with Crippen LogP contribution in [0.2, 0.25) is 5.02 Å². The molecule has 0 saturated heterocycles. The first-order chi connectivity index (χ1) is 10.2. The van der Waals surface area contributed by atoms with Crippen molar-refractivity contribution in [1.82, 2.24) is 14.5 Å². The lowest BCUT2D eigenvalue weighted by atomic mass is 10.3. The van der Waals surface area contributed by atoms with Crippen LogP contribution in [0.1, 0.15) is 5.82 Å². The van der Waals surface area contributed by atoms with Gasteiger partial charge in [-0.25, -0.2) is 9.97 Å². The average molecular weight is 322 g/mol. The van der Waals surface area contributed by atoms with Gasteiger partial charge in [-0.2, -0.15) is 0 Å². The van der Waals surface area contributed by atoms with Crippen molar-refractivity contribution >= 4 is 34.4 Å². The van der Waals surface area contributed by atoms with Gasteiger partial charge in [0.25, 0.3) is 0 Å². The Kier molecular flexibility index (Phi) is 3.99. The second kappa shape index (κ2) is 5.92. The minimum Gasteiger partial charge on any atom is -0.495 e. The van der Waals surface area contributed by atoms with E-state index in [4.69, 9.17) is 27.9 Å². The van der Waals surface area contributed by atoms with Gasteiger partial charge in [0, 0.05) is 24.6 Å². The Morgan fingerprint density at radius 3 is 2.90 bits per heavy atom. The summed E-state index contributed by atoms with van der Waals surface area (Å²) >= 11 is 12.0. The maximum absolute atomic E-state index is 6.09. The fraction of sp³-hybridized carbons (Fsp3) is 0.200. The average Bonchev–Trinajstić information content (AvgIpc) is 2.86. The number of halogens is 2. The SMILES string of the molecule is COc1cc(-n2c(CCCl)nc3cccnc32)ccc1Cl. The van der Waals surface area contributed by atoms with Crippen molar-refractivity contribution in [3.8, 4) is 11.4 Å². The Balaban J connectivity index is 2.24. The highest BCUT2D eigenvalue weighted by atomic mass is 35.5. The molecule has 0 aliphatic rings. The van der Waals surface area contributed by atoms with E-state index in [1.807, 2.05) is 28.8 Å². The van der Waals surface area contributed by atoms with E-state index in [2.05, 4.69) is 9.97 Å². The Morgan fingerprint density at radius 1 is 1.29 bits per heavy atom. The largest absolute Gasteiger partial charge is 0.495 e. The summed E-state index contributed by atoms with van der Waals surface area (Å²) in [7, 11) is 1.59. The standard InChI is InChI=1S/C15H13Cl2N3O/c1-21-13-9-10(4-5-11(13)17)20-14(6-7-16)19-12-3-2-8-18-15(12)20/h2-5,8-9H,6-7H2,1H3. The number of benzene rings is 1. The van der Waals surface area contributed by atoms with Gasteiger partial charge in [-0.1, -0.05) is 11.6 Å². The number of aryl methyl sites for hydroxylation is 1. The summed E-state index contributed by atoms with van der Waals surface area (Å²) < 4.78 is 7.27. The molecular weight excluding hydrogens is 309 g/mol. The Bertz CT molecular complexity index is 786. The normalized spacial score (nSPS) is 11.0. The first-order valence-corrected chi connectivity index (χ1v) is 7.38. The first-order valence-electron chi connectivity index (χ1n) is 6.47. The maximum Gasteiger partial charge on any atom is 0.164 e. The molecule has 0 atom stereocenters. The molecule has 2 aromatic heterocycles. The van der Waals surface area contributed by atoms with Crippen molar-refractivity contribution in [2.75, 3.05) is 13.0 Å². The van der Waals surface area contributed by atoms with E-state index >= 15 is 0 Å². The number of rotatable bonds is 4. The molecule has 2 heterocycles. The quantitative estimate of drug-likeness (QED) is 0.685. The summed E-state index contributed by atoms with van der Waals surface area (Å²) in [5, 5.41) is 0.567. The highest BCUT2D eigenvalue weighted by molar-refractivity contribution is 6.32. The van der Waals surface area contributed by atoms with Gasteiger partial charge >= 0.3 is 0 Å². The number of nitrogens with zero attached hydrogens (tertiary/aromatic N) is 3. The third kappa shape index (κ3) is 2.57. The molecule has 21 heavy (non-hydrogen) atoms. The second-order valence-corrected chi connectivity index (χ2v) is 5.25. The van der Waals surface area contributed by atoms with Crippen molar-refractivity contribution in [2.24, 2.45) is 0 Å². The molecule has 0 amide bonds. The van der Waals surface area contributed by atoms with Gasteiger partial charge in [-0.15, -0.1) is 11.6 Å². The van der Waals surface area contributed by atoms with Gasteiger partial charge in [0.1, 0.15) is 17.1 Å². The zero-order chi connectivity index (χ0) is 14.8. The number of aromatic nitrogens is 3. The van der Waals surface area contributed by atoms with Crippen molar-refractivity contribution < 1.29 is 4.74 Å². The number of methoxy groups -OCH3 is 1. The lowest BCUT2D eigenvalue weighted by molar-refractivity contribution is 0.415. The molecule has 0 radical (unpaired) electrons. The van der Waals surface area contributed by atoms with Crippen LogP contribution in [0.4, 0.5) is 0 Å². The van der Waals surface area contributed by atoms with Gasteiger partial charge in [-0.05, 0) is 24.3 Å². The van der Waals surface area contributed by atoms with E-state index in [1.54, 1.807) is 19.4 Å². The molecule has 0 saturated carbocycles. The van der Waals surface area contributed by atoms with E-state index in [1.165, 1.54) is 0 Å². The lowest BCUT2D eigenvalue weighted by Gasteiger charge is -2.10. The number of fused-ring (bicyclic) bond motifs is 1. The number of hydrogen-bond acceptors (Lipinski definition) is 3. The van der Waals surface area contributed by atoms with E-state index in [-0.39, 0.29) is 0 Å². The fourth-order valence-electron chi connectivity index (χ4n) is 2.27. The smallest absolute Gasteiger partial charge is 0.164 e. The van der Waals surface area contributed by atoms with Gasteiger partial charge in [0.15, 0.2) is 5.65 Å². The van der Waals surface area contributed by atoms with Crippen LogP contribution in [0.25, 0.3) is 16.9 Å². The third-order valence-corrected chi connectivity index (χ3v) is 3.70. The van der Waals surface area contributed by atoms with E-state index in [9.17, 15) is 0 Å². The molecule has 0 bridgehead atoms. The number of alkyl halides is 1. The first kappa shape index (κ1) is 14.2. The van der Waals surface area contributed by atoms with Crippen molar-refractivity contribution in [2.45, 2.75) is 6.42 Å². The second-order valence-electron chi connectivity index (χ2n) is 4.47. The van der Waals surface area contributed by atoms with Gasteiger partial charge in [-0.3, -0.25) is 4.57 Å². The van der Waals surface area contributed by atoms with Crippen LogP contribution in [0, 0.1) is 0 Å². The molecule has 0 aliphatic carbocycles. The van der Waals surface area contributed by atoms with Crippen LogP contribution in [0.5, 0.6) is 5.75 Å². The maximum atomic E-state index is 6.09. The molecule has 108 valence electrons. The number of imidazole rings is 1. The Hall–Kier alpha value is -1.78. The van der Waals surface area contributed by atoms with Crippen LogP contribution < -0.4 is 4.74 Å². The molecule has 0 fully saturated rings. The van der Waals surface area contributed by atoms with Gasteiger partial charge in [0.05, 0.1) is 17.8 Å². The lowest BCUT2D eigenvalue weighted by Crippen LogP contribution is -2.03. The summed E-state index contributed by atoms with van der Waals surface area (Å²) in [4.78, 5) is 9.02. The predicted octanol–water partition coefficient (Wildman–Crippen LogP) is 3.86. The van der Waals surface area contributed by atoms with E-state index in [0.29, 0.717) is 23.1 Å². The van der Waals surface area contributed by atoms with Crippen molar-refractivity contribution in [3.05, 3.63) is 47.4 Å². The number of hydrogen-bond donors (Lipinski definition) is 0. The minimum absolute atomic E-state index is 0.494. The van der Waals surface area contributed by atoms with E-state index < -0.39 is 0 Å². The van der Waals surface area contributed by atoms with Crippen LogP contribution in [0.3, 0.4) is 0 Å². The predicted molar refractivity (Wildman–Crippen MR) is 84.9 cm³/mol. The van der Waals surface area contributed by atoms with Crippen molar-refractivity contribution in [3.63, 3.8) is 0 Å². The Morgan fingerprint density at radius 2 is 2.14 bits per heavy atom. The van der Waals surface area contributed by atoms with Crippen LogP contribution in [-0.2, 0) is 6.42 Å². The zero-order valence-corrected chi connectivity index (χ0v) is 12.9. The molecule has 6 heteroatoms. The number of pyridine rings is 1. The van der Waals surface area contributed by atoms with Crippen LogP contribution >= 0.6 is 23.2 Å². The monoisotopic (exact) mass is 321 g/mol. The summed E-state index contributed by atoms with van der Waals surface area (Å²) in [5.74, 6) is 1.97. The molecule has 0 unspecified atom stereocenters. The molecular formula is C15H13Cl2N3O. The summed E-state index contributed by atoms with van der Waals surface area (Å²) in [6.45, 7) is 0. The fourth-order valence-corrected chi connectivity index (χ4v) is 2.63. The van der Waals surface area contributed by atoms with Crippen LogP contribution in [0.15, 0.2) is 36.5 Å². The van der Waals surface area contributed by atoms with Gasteiger partial charge in [0.2, 0.25) is 0 Å². The molecule has 1 aromatic carbocycles. The molecule has 3 rings (SSSR count). The van der Waals surface area contributed by atoms with E-state index in [0.717, 1.165) is 22.7 Å².